The van der Waals surface area contributed by atoms with Crippen molar-refractivity contribution in [2.45, 2.75) is 25.0 Å². The summed E-state index contributed by atoms with van der Waals surface area (Å²) in [5.41, 5.74) is 0. The summed E-state index contributed by atoms with van der Waals surface area (Å²) in [6.07, 6.45) is -4.07. The van der Waals surface area contributed by atoms with Gasteiger partial charge in [-0.1, -0.05) is 0 Å². The lowest BCUT2D eigenvalue weighted by atomic mass is 10.1. The van der Waals surface area contributed by atoms with Crippen LogP contribution in [-0.2, 0) is 9.59 Å². The number of rotatable bonds is 5. The highest BCUT2D eigenvalue weighted by atomic mass is 16.4. The number of aliphatic hydroxyl groups excluding tert-OH is 2. The van der Waals surface area contributed by atoms with Gasteiger partial charge < -0.3 is 20.4 Å². The molecule has 0 saturated heterocycles. The second-order valence-corrected chi connectivity index (χ2v) is 2.34. The zero-order valence-electron chi connectivity index (χ0n) is 6.17. The van der Waals surface area contributed by atoms with Gasteiger partial charge >= 0.3 is 11.9 Å². The van der Waals surface area contributed by atoms with Crippen molar-refractivity contribution in [1.82, 2.24) is 0 Å². The van der Waals surface area contributed by atoms with Gasteiger partial charge in [-0.3, -0.25) is 4.79 Å². The molecule has 0 aliphatic carbocycles. The van der Waals surface area contributed by atoms with Gasteiger partial charge in [0.2, 0.25) is 0 Å². The molecule has 0 aromatic rings. The van der Waals surface area contributed by atoms with E-state index in [1.54, 1.807) is 0 Å². The van der Waals surface area contributed by atoms with Crippen LogP contribution in [-0.4, -0.2) is 44.6 Å². The smallest absolute Gasteiger partial charge is 0.332 e. The van der Waals surface area contributed by atoms with E-state index in [9.17, 15) is 9.59 Å². The standard InChI is InChI=1S/C6H10O6/c7-3(2-5(9)10)1-4(8)6(11)12/h3-4,7-8H,1-2H2,(H,9,10)(H,11,12)/t3-,4+/m1/s1. The zero-order chi connectivity index (χ0) is 9.72. The van der Waals surface area contributed by atoms with Crippen LogP contribution < -0.4 is 0 Å². The highest BCUT2D eigenvalue weighted by molar-refractivity contribution is 5.72. The van der Waals surface area contributed by atoms with Crippen LogP contribution in [0.25, 0.3) is 0 Å². The Kier molecular flexibility index (Phi) is 4.24. The van der Waals surface area contributed by atoms with Gasteiger partial charge in [-0.05, 0) is 0 Å². The molecule has 70 valence electrons. The van der Waals surface area contributed by atoms with E-state index in [0.717, 1.165) is 0 Å². The largest absolute Gasteiger partial charge is 0.481 e. The summed E-state index contributed by atoms with van der Waals surface area (Å²) < 4.78 is 0. The molecule has 0 aliphatic heterocycles. The highest BCUT2D eigenvalue weighted by Gasteiger charge is 2.19. The second kappa shape index (κ2) is 4.68. The fourth-order valence-corrected chi connectivity index (χ4v) is 0.643. The predicted molar refractivity (Wildman–Crippen MR) is 36.5 cm³/mol. The molecule has 12 heavy (non-hydrogen) atoms. The summed E-state index contributed by atoms with van der Waals surface area (Å²) in [6.45, 7) is 0. The van der Waals surface area contributed by atoms with Crippen LogP contribution in [0.5, 0.6) is 0 Å². The van der Waals surface area contributed by atoms with Crippen molar-refractivity contribution in [3.63, 3.8) is 0 Å². The fourth-order valence-electron chi connectivity index (χ4n) is 0.643. The topological polar surface area (TPSA) is 115 Å². The molecule has 0 aliphatic rings. The van der Waals surface area contributed by atoms with Crippen molar-refractivity contribution in [2.75, 3.05) is 0 Å². The lowest BCUT2D eigenvalue weighted by Crippen LogP contribution is -2.26. The molecule has 0 unspecified atom stereocenters. The number of aliphatic hydroxyl groups is 2. The first-order chi connectivity index (χ1) is 5.43. The molecular weight excluding hydrogens is 168 g/mol. The molecule has 6 heteroatoms. The zero-order valence-corrected chi connectivity index (χ0v) is 6.17. The highest BCUT2D eigenvalue weighted by Crippen LogP contribution is 2.02. The quantitative estimate of drug-likeness (QED) is 0.414. The molecule has 0 spiro atoms. The van der Waals surface area contributed by atoms with Crippen LogP contribution in [0.4, 0.5) is 0 Å². The molecule has 2 atom stereocenters. The van der Waals surface area contributed by atoms with E-state index in [1.807, 2.05) is 0 Å². The summed E-state index contributed by atoms with van der Waals surface area (Å²) in [6, 6.07) is 0. The Hall–Kier alpha value is -1.14. The maximum Gasteiger partial charge on any atom is 0.332 e. The van der Waals surface area contributed by atoms with Crippen LogP contribution in [0.15, 0.2) is 0 Å². The Labute approximate surface area is 68.1 Å². The molecule has 0 aromatic heterocycles. The molecule has 6 nitrogen and oxygen atoms in total. The number of carbonyl (C=O) groups is 2. The third-order valence-corrected chi connectivity index (χ3v) is 1.19. The molecule has 0 saturated carbocycles. The number of aliphatic carboxylic acids is 2. The molecule has 0 amide bonds. The van der Waals surface area contributed by atoms with Crippen LogP contribution in [0, 0.1) is 0 Å². The lowest BCUT2D eigenvalue weighted by Gasteiger charge is -2.09. The maximum atomic E-state index is 10.0. The van der Waals surface area contributed by atoms with Crippen molar-refractivity contribution in [2.24, 2.45) is 0 Å². The summed E-state index contributed by atoms with van der Waals surface area (Å²) in [4.78, 5) is 20.0. The van der Waals surface area contributed by atoms with Gasteiger partial charge in [-0.2, -0.15) is 0 Å². The number of hydrogen-bond acceptors (Lipinski definition) is 4. The van der Waals surface area contributed by atoms with Gasteiger partial charge in [0.25, 0.3) is 0 Å². The van der Waals surface area contributed by atoms with Gasteiger partial charge in [0.1, 0.15) is 0 Å². The third-order valence-electron chi connectivity index (χ3n) is 1.19. The van der Waals surface area contributed by atoms with Gasteiger partial charge in [0, 0.05) is 6.42 Å². The number of carboxylic acid groups (broad SMARTS) is 2. The summed E-state index contributed by atoms with van der Waals surface area (Å²) >= 11 is 0. The normalized spacial score (nSPS) is 15.2. The first kappa shape index (κ1) is 10.9. The van der Waals surface area contributed by atoms with Gasteiger partial charge in [0.15, 0.2) is 6.10 Å². The van der Waals surface area contributed by atoms with E-state index in [0.29, 0.717) is 0 Å². The van der Waals surface area contributed by atoms with E-state index < -0.39 is 37.0 Å². The van der Waals surface area contributed by atoms with Crippen LogP contribution >= 0.6 is 0 Å². The molecule has 0 radical (unpaired) electrons. The Bertz CT molecular complexity index is 177. The minimum atomic E-state index is -1.71. The Morgan fingerprint density at radius 2 is 1.67 bits per heavy atom. The first-order valence-corrected chi connectivity index (χ1v) is 3.24. The van der Waals surface area contributed by atoms with E-state index >= 15 is 0 Å². The number of hydrogen-bond donors (Lipinski definition) is 4. The van der Waals surface area contributed by atoms with Crippen LogP contribution in [0.3, 0.4) is 0 Å². The Balaban J connectivity index is 3.76. The van der Waals surface area contributed by atoms with Crippen molar-refractivity contribution < 1.29 is 30.0 Å². The Morgan fingerprint density at radius 1 is 1.17 bits per heavy atom. The van der Waals surface area contributed by atoms with E-state index in [4.69, 9.17) is 20.4 Å². The minimum Gasteiger partial charge on any atom is -0.481 e. The van der Waals surface area contributed by atoms with Gasteiger partial charge in [0.05, 0.1) is 12.5 Å². The van der Waals surface area contributed by atoms with Crippen molar-refractivity contribution >= 4 is 11.9 Å². The predicted octanol–water partition coefficient (Wildman–Crippen LogP) is -1.34. The van der Waals surface area contributed by atoms with Gasteiger partial charge in [-0.15, -0.1) is 0 Å². The molecule has 0 aromatic carbocycles. The van der Waals surface area contributed by atoms with Crippen molar-refractivity contribution in [1.29, 1.82) is 0 Å². The van der Waals surface area contributed by atoms with E-state index in [2.05, 4.69) is 0 Å². The molecule has 0 rings (SSSR count). The van der Waals surface area contributed by atoms with Gasteiger partial charge in [-0.25, -0.2) is 4.79 Å². The first-order valence-electron chi connectivity index (χ1n) is 3.24. The van der Waals surface area contributed by atoms with Crippen molar-refractivity contribution in [3.05, 3.63) is 0 Å². The monoisotopic (exact) mass is 178 g/mol. The summed E-state index contributed by atoms with van der Waals surface area (Å²) in [5, 5.41) is 33.8. The summed E-state index contributed by atoms with van der Waals surface area (Å²) in [7, 11) is 0. The molecule has 0 fully saturated rings. The third kappa shape index (κ3) is 4.64. The second-order valence-electron chi connectivity index (χ2n) is 2.34. The number of carboxylic acids is 2. The average Bonchev–Trinajstić information content (AvgIpc) is 1.84. The maximum absolute atomic E-state index is 10.0. The van der Waals surface area contributed by atoms with E-state index in [1.165, 1.54) is 0 Å². The molecular formula is C6H10O6. The Morgan fingerprint density at radius 3 is 2.00 bits per heavy atom. The summed E-state index contributed by atoms with van der Waals surface area (Å²) in [5.74, 6) is -2.71. The SMILES string of the molecule is O=C(O)C[C@H](O)C[C@H](O)C(=O)O. The molecule has 4 N–H and O–H groups in total. The lowest BCUT2D eigenvalue weighted by molar-refractivity contribution is -0.150. The average molecular weight is 178 g/mol. The van der Waals surface area contributed by atoms with Crippen LogP contribution in [0.1, 0.15) is 12.8 Å². The van der Waals surface area contributed by atoms with Crippen LogP contribution in [0.2, 0.25) is 0 Å². The van der Waals surface area contributed by atoms with Crippen molar-refractivity contribution in [3.8, 4) is 0 Å². The molecule has 0 bridgehead atoms. The fraction of sp³-hybridized carbons (Fsp3) is 0.667. The van der Waals surface area contributed by atoms with E-state index in [-0.39, 0.29) is 0 Å². The molecule has 0 heterocycles. The minimum absolute atomic E-state index is 0.471.